The van der Waals surface area contributed by atoms with Crippen LogP contribution in [0.15, 0.2) is 27.2 Å². The van der Waals surface area contributed by atoms with Crippen LogP contribution in [0.1, 0.15) is 55.7 Å². The van der Waals surface area contributed by atoms with E-state index in [1.807, 2.05) is 69.1 Å². The van der Waals surface area contributed by atoms with Gasteiger partial charge in [-0.25, -0.2) is 9.36 Å². The fraction of sp³-hybridized carbons (Fsp3) is 0.360. The first-order valence-electron chi connectivity index (χ1n) is 11.3. The molecule has 0 unspecified atom stereocenters. The van der Waals surface area contributed by atoms with Gasteiger partial charge in [0, 0.05) is 0 Å². The van der Waals surface area contributed by atoms with E-state index in [1.54, 1.807) is 6.92 Å². The van der Waals surface area contributed by atoms with Gasteiger partial charge in [0.05, 0.1) is 38.5 Å². The van der Waals surface area contributed by atoms with Gasteiger partial charge < -0.3 is 14.6 Å². The van der Waals surface area contributed by atoms with Crippen molar-refractivity contribution in [1.29, 1.82) is 0 Å². The van der Waals surface area contributed by atoms with Crippen molar-refractivity contribution in [3.8, 4) is 5.75 Å². The minimum Gasteiger partial charge on any atom is -0.488 e. The zero-order chi connectivity index (χ0) is 25.4. The molecule has 0 aliphatic heterocycles. The van der Waals surface area contributed by atoms with Crippen LogP contribution in [0.25, 0.3) is 0 Å². The SMILES string of the molecule is Cc1ccc(C)c(OCc2c(C(=O)Nc3c(C)nn(Cn4nc(C)c(Br)c4C)c3C)noc2C)c1. The maximum absolute atomic E-state index is 13.2. The second kappa shape index (κ2) is 9.69. The van der Waals surface area contributed by atoms with Crippen molar-refractivity contribution in [2.75, 3.05) is 5.32 Å². The highest BCUT2D eigenvalue weighted by molar-refractivity contribution is 9.10. The average molecular weight is 541 g/mol. The molecule has 9 nitrogen and oxygen atoms in total. The van der Waals surface area contributed by atoms with E-state index >= 15 is 0 Å². The van der Waals surface area contributed by atoms with Crippen LogP contribution < -0.4 is 10.1 Å². The molecule has 1 aromatic carbocycles. The molecule has 0 fully saturated rings. The van der Waals surface area contributed by atoms with Crippen molar-refractivity contribution in [3.63, 3.8) is 0 Å². The van der Waals surface area contributed by atoms with Gasteiger partial charge in [-0.1, -0.05) is 17.3 Å². The van der Waals surface area contributed by atoms with E-state index in [9.17, 15) is 4.79 Å². The molecule has 184 valence electrons. The number of hydrogen-bond donors (Lipinski definition) is 1. The zero-order valence-electron chi connectivity index (χ0n) is 21.0. The van der Waals surface area contributed by atoms with Crippen LogP contribution in [0.4, 0.5) is 5.69 Å². The van der Waals surface area contributed by atoms with Crippen LogP contribution in [0.3, 0.4) is 0 Å². The third kappa shape index (κ3) is 4.88. The van der Waals surface area contributed by atoms with E-state index in [1.165, 1.54) is 0 Å². The summed E-state index contributed by atoms with van der Waals surface area (Å²) in [5.74, 6) is 0.932. The normalized spacial score (nSPS) is 11.2. The second-order valence-corrected chi connectivity index (χ2v) is 9.54. The number of aromatic nitrogens is 5. The molecule has 0 bridgehead atoms. The highest BCUT2D eigenvalue weighted by Crippen LogP contribution is 2.25. The molecular formula is C25H29BrN6O3. The average Bonchev–Trinajstić information content (AvgIpc) is 3.39. The molecule has 1 N–H and O–H groups in total. The molecule has 0 aliphatic rings. The Bertz CT molecular complexity index is 1420. The topological polar surface area (TPSA) is 100 Å². The summed E-state index contributed by atoms with van der Waals surface area (Å²) in [4.78, 5) is 13.2. The van der Waals surface area contributed by atoms with Crippen LogP contribution in [-0.2, 0) is 13.3 Å². The van der Waals surface area contributed by atoms with E-state index < -0.39 is 0 Å². The Morgan fingerprint density at radius 1 is 1.03 bits per heavy atom. The van der Waals surface area contributed by atoms with Crippen LogP contribution in [0, 0.1) is 48.5 Å². The van der Waals surface area contributed by atoms with Crippen molar-refractivity contribution in [2.45, 2.75) is 61.7 Å². The molecule has 10 heteroatoms. The number of nitrogens with zero attached hydrogens (tertiary/aromatic N) is 5. The number of ether oxygens (including phenoxy) is 1. The fourth-order valence-corrected chi connectivity index (χ4v) is 4.16. The van der Waals surface area contributed by atoms with Crippen LogP contribution in [0.5, 0.6) is 5.75 Å². The summed E-state index contributed by atoms with van der Waals surface area (Å²) in [7, 11) is 0. The van der Waals surface area contributed by atoms with E-state index in [0.717, 1.165) is 38.4 Å². The number of hydrogen-bond acceptors (Lipinski definition) is 6. The Morgan fingerprint density at radius 3 is 2.40 bits per heavy atom. The lowest BCUT2D eigenvalue weighted by Gasteiger charge is -2.11. The smallest absolute Gasteiger partial charge is 0.278 e. The minimum atomic E-state index is -0.374. The van der Waals surface area contributed by atoms with Gasteiger partial charge in [-0.05, 0) is 81.6 Å². The fourth-order valence-electron chi connectivity index (χ4n) is 3.88. The van der Waals surface area contributed by atoms with E-state index in [0.29, 0.717) is 29.4 Å². The third-order valence-electron chi connectivity index (χ3n) is 6.10. The first-order chi connectivity index (χ1) is 16.6. The molecule has 0 spiro atoms. The number of carbonyl (C=O) groups excluding carboxylic acids is 1. The number of benzene rings is 1. The summed E-state index contributed by atoms with van der Waals surface area (Å²) in [5.41, 5.74) is 6.99. The molecule has 3 heterocycles. The van der Waals surface area contributed by atoms with Gasteiger partial charge in [-0.2, -0.15) is 10.2 Å². The Labute approximate surface area is 212 Å². The quantitative estimate of drug-likeness (QED) is 0.340. The molecule has 4 aromatic rings. The number of amides is 1. The molecule has 4 rings (SSSR count). The van der Waals surface area contributed by atoms with Gasteiger partial charge in [0.15, 0.2) is 5.69 Å². The van der Waals surface area contributed by atoms with Crippen LogP contribution in [-0.4, -0.2) is 30.6 Å². The molecule has 0 saturated carbocycles. The van der Waals surface area contributed by atoms with Crippen LogP contribution >= 0.6 is 15.9 Å². The Hall–Kier alpha value is -3.40. The highest BCUT2D eigenvalue weighted by Gasteiger charge is 2.23. The van der Waals surface area contributed by atoms with Crippen molar-refractivity contribution in [3.05, 3.63) is 73.6 Å². The monoisotopic (exact) mass is 540 g/mol. The number of halogens is 1. The summed E-state index contributed by atoms with van der Waals surface area (Å²) in [6.45, 7) is 14.1. The van der Waals surface area contributed by atoms with Crippen molar-refractivity contribution in [2.24, 2.45) is 0 Å². The number of nitrogens with one attached hydrogen (secondary N) is 1. The largest absolute Gasteiger partial charge is 0.488 e. The summed E-state index contributed by atoms with van der Waals surface area (Å²) < 4.78 is 16.0. The zero-order valence-corrected chi connectivity index (χ0v) is 22.6. The predicted molar refractivity (Wildman–Crippen MR) is 136 cm³/mol. The van der Waals surface area contributed by atoms with Crippen LogP contribution in [0.2, 0.25) is 0 Å². The lowest BCUT2D eigenvalue weighted by atomic mass is 10.1. The number of aryl methyl sites for hydroxylation is 5. The van der Waals surface area contributed by atoms with Gasteiger partial charge in [0.1, 0.15) is 24.8 Å². The molecule has 0 atom stereocenters. The summed E-state index contributed by atoms with van der Waals surface area (Å²) in [5, 5.41) is 16.1. The molecule has 0 saturated heterocycles. The Morgan fingerprint density at radius 2 is 1.71 bits per heavy atom. The van der Waals surface area contributed by atoms with Gasteiger partial charge >= 0.3 is 0 Å². The lowest BCUT2D eigenvalue weighted by molar-refractivity contribution is 0.101. The first kappa shape index (κ1) is 24.7. The molecular weight excluding hydrogens is 512 g/mol. The van der Waals surface area contributed by atoms with Gasteiger partial charge in [0.25, 0.3) is 5.91 Å². The van der Waals surface area contributed by atoms with Gasteiger partial charge in [0.2, 0.25) is 0 Å². The molecule has 35 heavy (non-hydrogen) atoms. The number of carbonyl (C=O) groups is 1. The maximum atomic E-state index is 13.2. The summed E-state index contributed by atoms with van der Waals surface area (Å²) in [6.07, 6.45) is 0. The molecule has 0 aliphatic carbocycles. The van der Waals surface area contributed by atoms with E-state index in [2.05, 4.69) is 36.6 Å². The second-order valence-electron chi connectivity index (χ2n) is 8.75. The first-order valence-corrected chi connectivity index (χ1v) is 12.1. The predicted octanol–water partition coefficient (Wildman–Crippen LogP) is 5.33. The molecule has 0 radical (unpaired) electrons. The van der Waals surface area contributed by atoms with E-state index in [-0.39, 0.29) is 18.2 Å². The van der Waals surface area contributed by atoms with Gasteiger partial charge in [-0.15, -0.1) is 0 Å². The Balaban J connectivity index is 1.53. The van der Waals surface area contributed by atoms with Gasteiger partial charge in [-0.3, -0.25) is 4.79 Å². The highest BCUT2D eigenvalue weighted by atomic mass is 79.9. The Kier molecular flexibility index (Phi) is 6.84. The van der Waals surface area contributed by atoms with Crippen molar-refractivity contribution >= 4 is 27.5 Å². The maximum Gasteiger partial charge on any atom is 0.278 e. The summed E-state index contributed by atoms with van der Waals surface area (Å²) in [6, 6.07) is 6.01. The van der Waals surface area contributed by atoms with E-state index in [4.69, 9.17) is 9.26 Å². The van der Waals surface area contributed by atoms with Crippen molar-refractivity contribution < 1.29 is 14.1 Å². The minimum absolute atomic E-state index is 0.173. The van der Waals surface area contributed by atoms with Crippen molar-refractivity contribution in [1.82, 2.24) is 24.7 Å². The number of rotatable bonds is 7. The molecule has 1 amide bonds. The molecule has 3 aromatic heterocycles. The number of anilines is 1. The third-order valence-corrected chi connectivity index (χ3v) is 7.24. The lowest BCUT2D eigenvalue weighted by Crippen LogP contribution is -2.17. The standard InChI is InChI=1S/C25H29BrN6O3/c1-13-8-9-14(2)21(10-13)34-11-20-19(7)35-30-24(20)25(33)27-23-16(4)29-32(18(23)6)12-31-17(5)22(26)15(3)28-31/h8-10H,11-12H2,1-7H3,(H,27,33). The summed E-state index contributed by atoms with van der Waals surface area (Å²) >= 11 is 3.56.